The van der Waals surface area contributed by atoms with Crippen LogP contribution in [0.3, 0.4) is 0 Å². The fourth-order valence-electron chi connectivity index (χ4n) is 1.95. The van der Waals surface area contributed by atoms with Gasteiger partial charge in [-0.15, -0.1) is 0 Å². The lowest BCUT2D eigenvalue weighted by atomic mass is 9.85. The van der Waals surface area contributed by atoms with Crippen LogP contribution in [0, 0.1) is 5.41 Å². The predicted octanol–water partition coefficient (Wildman–Crippen LogP) is 2.76. The van der Waals surface area contributed by atoms with Gasteiger partial charge in [-0.1, -0.05) is 37.6 Å². The van der Waals surface area contributed by atoms with Gasteiger partial charge in [-0.25, -0.2) is 0 Å². The predicted molar refractivity (Wildman–Crippen MR) is 80.2 cm³/mol. The number of carbonyl (C=O) groups is 1. The van der Waals surface area contributed by atoms with E-state index >= 15 is 0 Å². The normalized spacial score (nSPS) is 11.4. The fraction of sp³-hybridized carbons (Fsp3) is 0.533. The maximum atomic E-state index is 11.6. The molecular formula is C15H23ClN2O. The third kappa shape index (κ3) is 6.60. The van der Waals surface area contributed by atoms with Crippen molar-refractivity contribution in [2.75, 3.05) is 13.1 Å². The minimum Gasteiger partial charge on any atom is -0.356 e. The van der Waals surface area contributed by atoms with Crippen LogP contribution in [0.4, 0.5) is 0 Å². The SMILES string of the molecule is CC(C)(CNC(=O)CCCN)Cc1cccc(Cl)c1. The van der Waals surface area contributed by atoms with Gasteiger partial charge in [-0.05, 0) is 42.5 Å². The molecule has 1 aromatic rings. The van der Waals surface area contributed by atoms with E-state index in [1.165, 1.54) is 5.56 Å². The quantitative estimate of drug-likeness (QED) is 0.808. The number of hydrogen-bond acceptors (Lipinski definition) is 2. The van der Waals surface area contributed by atoms with Crippen molar-refractivity contribution in [3.05, 3.63) is 34.9 Å². The highest BCUT2D eigenvalue weighted by molar-refractivity contribution is 6.30. The van der Waals surface area contributed by atoms with Gasteiger partial charge in [0.15, 0.2) is 0 Å². The molecule has 0 saturated carbocycles. The number of rotatable bonds is 7. The minimum atomic E-state index is 0.00303. The van der Waals surface area contributed by atoms with Crippen molar-refractivity contribution in [1.82, 2.24) is 5.32 Å². The number of halogens is 1. The zero-order valence-electron chi connectivity index (χ0n) is 11.7. The van der Waals surface area contributed by atoms with Gasteiger partial charge in [0.2, 0.25) is 5.91 Å². The summed E-state index contributed by atoms with van der Waals surface area (Å²) in [5.74, 6) is 0.0737. The average Bonchev–Trinajstić information content (AvgIpc) is 2.33. The lowest BCUT2D eigenvalue weighted by molar-refractivity contribution is -0.121. The Kier molecular flexibility index (Phi) is 6.32. The van der Waals surface area contributed by atoms with E-state index in [-0.39, 0.29) is 11.3 Å². The van der Waals surface area contributed by atoms with Crippen LogP contribution in [0.1, 0.15) is 32.3 Å². The van der Waals surface area contributed by atoms with Gasteiger partial charge in [0.1, 0.15) is 0 Å². The third-order valence-corrected chi connectivity index (χ3v) is 3.18. The monoisotopic (exact) mass is 282 g/mol. The van der Waals surface area contributed by atoms with Crippen molar-refractivity contribution in [2.45, 2.75) is 33.1 Å². The van der Waals surface area contributed by atoms with E-state index in [2.05, 4.69) is 25.2 Å². The summed E-state index contributed by atoms with van der Waals surface area (Å²) < 4.78 is 0. The van der Waals surface area contributed by atoms with Crippen molar-refractivity contribution in [3.8, 4) is 0 Å². The smallest absolute Gasteiger partial charge is 0.220 e. The molecule has 19 heavy (non-hydrogen) atoms. The summed E-state index contributed by atoms with van der Waals surface area (Å²) in [6.07, 6.45) is 2.12. The topological polar surface area (TPSA) is 55.1 Å². The molecule has 0 unspecified atom stereocenters. The van der Waals surface area contributed by atoms with Gasteiger partial charge in [-0.3, -0.25) is 4.79 Å². The van der Waals surface area contributed by atoms with E-state index in [9.17, 15) is 4.79 Å². The maximum Gasteiger partial charge on any atom is 0.220 e. The summed E-state index contributed by atoms with van der Waals surface area (Å²) in [4.78, 5) is 11.6. The van der Waals surface area contributed by atoms with Crippen molar-refractivity contribution in [2.24, 2.45) is 11.1 Å². The van der Waals surface area contributed by atoms with Gasteiger partial charge in [0.25, 0.3) is 0 Å². The van der Waals surface area contributed by atoms with Crippen LogP contribution in [0.15, 0.2) is 24.3 Å². The summed E-state index contributed by atoms with van der Waals surface area (Å²) in [5, 5.41) is 3.72. The van der Waals surface area contributed by atoms with E-state index in [1.807, 2.05) is 18.2 Å². The van der Waals surface area contributed by atoms with E-state index in [0.717, 1.165) is 17.9 Å². The van der Waals surface area contributed by atoms with Gasteiger partial charge in [0.05, 0.1) is 0 Å². The van der Waals surface area contributed by atoms with Crippen LogP contribution in [0.25, 0.3) is 0 Å². The number of carbonyl (C=O) groups excluding carboxylic acids is 1. The van der Waals surface area contributed by atoms with E-state index in [4.69, 9.17) is 17.3 Å². The van der Waals surface area contributed by atoms with Crippen LogP contribution >= 0.6 is 11.6 Å². The first kappa shape index (κ1) is 16.0. The zero-order chi connectivity index (χ0) is 14.3. The molecule has 4 heteroatoms. The van der Waals surface area contributed by atoms with Crippen molar-refractivity contribution >= 4 is 17.5 Å². The van der Waals surface area contributed by atoms with Crippen LogP contribution in [0.2, 0.25) is 5.02 Å². The van der Waals surface area contributed by atoms with Gasteiger partial charge in [0, 0.05) is 18.0 Å². The number of amides is 1. The summed E-state index contributed by atoms with van der Waals surface area (Å²) in [6.45, 7) is 5.48. The Bertz CT molecular complexity index is 418. The lowest BCUT2D eigenvalue weighted by Crippen LogP contribution is -2.35. The average molecular weight is 283 g/mol. The Labute approximate surface area is 120 Å². The fourth-order valence-corrected chi connectivity index (χ4v) is 2.16. The van der Waals surface area contributed by atoms with Crippen molar-refractivity contribution in [3.63, 3.8) is 0 Å². The molecule has 0 radical (unpaired) electrons. The van der Waals surface area contributed by atoms with Crippen LogP contribution in [-0.2, 0) is 11.2 Å². The van der Waals surface area contributed by atoms with Crippen LogP contribution in [0.5, 0.6) is 0 Å². The van der Waals surface area contributed by atoms with Gasteiger partial charge < -0.3 is 11.1 Å². The summed E-state index contributed by atoms with van der Waals surface area (Å²) >= 11 is 5.98. The lowest BCUT2D eigenvalue weighted by Gasteiger charge is -2.25. The highest BCUT2D eigenvalue weighted by Gasteiger charge is 2.19. The van der Waals surface area contributed by atoms with Crippen LogP contribution in [-0.4, -0.2) is 19.0 Å². The highest BCUT2D eigenvalue weighted by Crippen LogP contribution is 2.22. The molecule has 0 spiro atoms. The first-order valence-corrected chi connectivity index (χ1v) is 7.02. The van der Waals surface area contributed by atoms with E-state index in [0.29, 0.717) is 19.5 Å². The largest absolute Gasteiger partial charge is 0.356 e. The number of nitrogens with two attached hydrogens (primary N) is 1. The Morgan fingerprint density at radius 2 is 2.16 bits per heavy atom. The molecule has 0 aliphatic rings. The molecule has 0 fully saturated rings. The number of nitrogens with one attached hydrogen (secondary N) is 1. The molecule has 1 rings (SSSR count). The summed E-state index contributed by atoms with van der Waals surface area (Å²) in [6, 6.07) is 7.85. The Hall–Kier alpha value is -1.06. The molecule has 1 aromatic carbocycles. The molecule has 0 saturated heterocycles. The maximum absolute atomic E-state index is 11.6. The molecule has 0 heterocycles. The second kappa shape index (κ2) is 7.51. The molecule has 1 amide bonds. The molecule has 0 aliphatic heterocycles. The summed E-state index contributed by atoms with van der Waals surface area (Å²) in [5.41, 5.74) is 6.57. The van der Waals surface area contributed by atoms with Crippen molar-refractivity contribution in [1.29, 1.82) is 0 Å². The number of hydrogen-bond donors (Lipinski definition) is 2. The van der Waals surface area contributed by atoms with Crippen molar-refractivity contribution < 1.29 is 4.79 Å². The molecule has 3 nitrogen and oxygen atoms in total. The van der Waals surface area contributed by atoms with E-state index < -0.39 is 0 Å². The first-order valence-electron chi connectivity index (χ1n) is 6.64. The highest BCUT2D eigenvalue weighted by atomic mass is 35.5. The van der Waals surface area contributed by atoms with E-state index in [1.54, 1.807) is 0 Å². The summed E-state index contributed by atoms with van der Waals surface area (Å²) in [7, 11) is 0. The molecule has 0 aliphatic carbocycles. The molecule has 0 atom stereocenters. The molecule has 3 N–H and O–H groups in total. The third-order valence-electron chi connectivity index (χ3n) is 2.94. The minimum absolute atomic E-state index is 0.00303. The standard InChI is InChI=1S/C15H23ClN2O/c1-15(2,11-18-14(19)7-4-8-17)10-12-5-3-6-13(16)9-12/h3,5-6,9H,4,7-8,10-11,17H2,1-2H3,(H,18,19). The second-order valence-corrected chi connectivity index (χ2v) is 6.08. The van der Waals surface area contributed by atoms with Gasteiger partial charge >= 0.3 is 0 Å². The first-order chi connectivity index (χ1) is 8.93. The Morgan fingerprint density at radius 1 is 1.42 bits per heavy atom. The molecule has 106 valence electrons. The molecular weight excluding hydrogens is 260 g/mol. The Balaban J connectivity index is 2.45. The Morgan fingerprint density at radius 3 is 2.79 bits per heavy atom. The number of benzene rings is 1. The van der Waals surface area contributed by atoms with Crippen LogP contribution < -0.4 is 11.1 Å². The molecule has 0 bridgehead atoms. The van der Waals surface area contributed by atoms with Gasteiger partial charge in [-0.2, -0.15) is 0 Å². The molecule has 0 aromatic heterocycles. The zero-order valence-corrected chi connectivity index (χ0v) is 12.5. The second-order valence-electron chi connectivity index (χ2n) is 5.64.